The highest BCUT2D eigenvalue weighted by molar-refractivity contribution is 8.00. The molecule has 3 rings (SSSR count). The molecule has 1 aliphatic carbocycles. The second kappa shape index (κ2) is 7.97. The molecule has 1 saturated carbocycles. The number of rotatable bonds is 6. The van der Waals surface area contributed by atoms with Crippen LogP contribution in [0.25, 0.3) is 0 Å². The van der Waals surface area contributed by atoms with Crippen LogP contribution in [0.2, 0.25) is 0 Å². The van der Waals surface area contributed by atoms with Crippen molar-refractivity contribution in [1.29, 1.82) is 0 Å². The van der Waals surface area contributed by atoms with Gasteiger partial charge in [-0.05, 0) is 25.3 Å². The molecule has 0 bridgehead atoms. The maximum absolute atomic E-state index is 12.0. The SMILES string of the molecule is Cc1ccc(CSc2nc(CC(=O)NC3CCCC3)cs2)cc1. The number of nitrogens with one attached hydrogen (secondary N) is 1. The van der Waals surface area contributed by atoms with E-state index in [2.05, 4.69) is 41.5 Å². The van der Waals surface area contributed by atoms with Crippen LogP contribution in [0.5, 0.6) is 0 Å². The first-order chi connectivity index (χ1) is 11.2. The highest BCUT2D eigenvalue weighted by atomic mass is 32.2. The fourth-order valence-corrected chi connectivity index (χ4v) is 4.58. The van der Waals surface area contributed by atoms with E-state index in [0.717, 1.165) is 28.6 Å². The fraction of sp³-hybridized carbons (Fsp3) is 0.444. The summed E-state index contributed by atoms with van der Waals surface area (Å²) in [6.45, 7) is 2.10. The number of aromatic nitrogens is 1. The zero-order chi connectivity index (χ0) is 16.1. The Hall–Kier alpha value is -1.33. The Morgan fingerprint density at radius 3 is 2.78 bits per heavy atom. The summed E-state index contributed by atoms with van der Waals surface area (Å²) < 4.78 is 1.04. The molecule has 0 saturated heterocycles. The number of thiazole rings is 1. The summed E-state index contributed by atoms with van der Waals surface area (Å²) in [7, 11) is 0. The average molecular weight is 347 g/mol. The van der Waals surface area contributed by atoms with Gasteiger partial charge in [0, 0.05) is 17.2 Å². The van der Waals surface area contributed by atoms with E-state index < -0.39 is 0 Å². The number of thioether (sulfide) groups is 1. The van der Waals surface area contributed by atoms with Gasteiger partial charge in [0.2, 0.25) is 5.91 Å². The van der Waals surface area contributed by atoms with Gasteiger partial charge in [0.05, 0.1) is 12.1 Å². The van der Waals surface area contributed by atoms with E-state index in [9.17, 15) is 4.79 Å². The summed E-state index contributed by atoms with van der Waals surface area (Å²) in [5.41, 5.74) is 3.47. The molecule has 0 spiro atoms. The summed E-state index contributed by atoms with van der Waals surface area (Å²) in [6, 6.07) is 8.97. The van der Waals surface area contributed by atoms with E-state index in [1.807, 2.05) is 5.38 Å². The minimum absolute atomic E-state index is 0.109. The molecule has 1 aromatic carbocycles. The standard InChI is InChI=1S/C18H22N2OS2/c1-13-6-8-14(9-7-13)11-22-18-20-16(12-23-18)10-17(21)19-15-4-2-3-5-15/h6-9,12,15H,2-5,10-11H2,1H3,(H,19,21). The van der Waals surface area contributed by atoms with Gasteiger partial charge in [0.1, 0.15) is 4.34 Å². The molecule has 0 aliphatic heterocycles. The van der Waals surface area contributed by atoms with Crippen molar-refractivity contribution in [3.05, 3.63) is 46.5 Å². The lowest BCUT2D eigenvalue weighted by Gasteiger charge is -2.10. The average Bonchev–Trinajstić information content (AvgIpc) is 3.19. The number of carbonyl (C=O) groups excluding carboxylic acids is 1. The topological polar surface area (TPSA) is 42.0 Å². The van der Waals surface area contributed by atoms with Gasteiger partial charge < -0.3 is 5.32 Å². The highest BCUT2D eigenvalue weighted by Crippen LogP contribution is 2.26. The fourth-order valence-electron chi connectivity index (χ4n) is 2.78. The van der Waals surface area contributed by atoms with Gasteiger partial charge in [-0.15, -0.1) is 11.3 Å². The predicted octanol–water partition coefficient (Wildman–Crippen LogP) is 4.35. The summed E-state index contributed by atoms with van der Waals surface area (Å²) in [4.78, 5) is 16.6. The molecule has 1 aliphatic rings. The molecule has 0 unspecified atom stereocenters. The van der Waals surface area contributed by atoms with Crippen LogP contribution >= 0.6 is 23.1 Å². The molecule has 1 fully saturated rings. The Kier molecular flexibility index (Phi) is 5.73. The van der Waals surface area contributed by atoms with E-state index >= 15 is 0 Å². The van der Waals surface area contributed by atoms with Gasteiger partial charge in [-0.1, -0.05) is 54.4 Å². The zero-order valence-corrected chi connectivity index (χ0v) is 15.0. The summed E-state index contributed by atoms with van der Waals surface area (Å²) >= 11 is 3.36. The lowest BCUT2D eigenvalue weighted by Crippen LogP contribution is -2.33. The lowest BCUT2D eigenvalue weighted by molar-refractivity contribution is -0.121. The maximum atomic E-state index is 12.0. The summed E-state index contributed by atoms with van der Waals surface area (Å²) in [6.07, 6.45) is 5.13. The van der Waals surface area contributed by atoms with Gasteiger partial charge in [0.25, 0.3) is 0 Å². The van der Waals surface area contributed by atoms with Crippen molar-refractivity contribution < 1.29 is 4.79 Å². The Morgan fingerprint density at radius 1 is 1.30 bits per heavy atom. The maximum Gasteiger partial charge on any atom is 0.226 e. The van der Waals surface area contributed by atoms with Crippen LogP contribution in [-0.2, 0) is 17.0 Å². The third kappa shape index (κ3) is 5.08. The number of benzene rings is 1. The highest BCUT2D eigenvalue weighted by Gasteiger charge is 2.17. The largest absolute Gasteiger partial charge is 0.353 e. The number of hydrogen-bond acceptors (Lipinski definition) is 4. The summed E-state index contributed by atoms with van der Waals surface area (Å²) in [5.74, 6) is 1.03. The van der Waals surface area contributed by atoms with Crippen LogP contribution in [-0.4, -0.2) is 16.9 Å². The molecule has 1 N–H and O–H groups in total. The zero-order valence-electron chi connectivity index (χ0n) is 13.4. The van der Waals surface area contributed by atoms with E-state index in [4.69, 9.17) is 0 Å². The molecule has 3 nitrogen and oxygen atoms in total. The van der Waals surface area contributed by atoms with Crippen molar-refractivity contribution in [2.75, 3.05) is 0 Å². The predicted molar refractivity (Wildman–Crippen MR) is 97.0 cm³/mol. The molecule has 1 heterocycles. The Morgan fingerprint density at radius 2 is 2.04 bits per heavy atom. The van der Waals surface area contributed by atoms with Crippen LogP contribution in [0.3, 0.4) is 0 Å². The summed E-state index contributed by atoms with van der Waals surface area (Å²) in [5, 5.41) is 5.12. The molecular weight excluding hydrogens is 324 g/mol. The Labute approximate surface area is 145 Å². The van der Waals surface area contributed by atoms with E-state index in [1.54, 1.807) is 23.1 Å². The molecular formula is C18H22N2OS2. The number of aryl methyl sites for hydroxylation is 1. The third-order valence-electron chi connectivity index (χ3n) is 4.08. The minimum Gasteiger partial charge on any atom is -0.353 e. The second-order valence-electron chi connectivity index (χ2n) is 6.10. The normalized spacial score (nSPS) is 15.0. The molecule has 1 amide bonds. The van der Waals surface area contributed by atoms with Gasteiger partial charge in [0.15, 0.2) is 0 Å². The Balaban J connectivity index is 1.47. The van der Waals surface area contributed by atoms with Gasteiger partial charge in [-0.3, -0.25) is 4.79 Å². The quantitative estimate of drug-likeness (QED) is 0.791. The first kappa shape index (κ1) is 16.5. The van der Waals surface area contributed by atoms with Crippen LogP contribution < -0.4 is 5.32 Å². The smallest absolute Gasteiger partial charge is 0.226 e. The minimum atomic E-state index is 0.109. The van der Waals surface area contributed by atoms with Crippen molar-refractivity contribution in [2.45, 2.75) is 55.2 Å². The number of hydrogen-bond donors (Lipinski definition) is 1. The van der Waals surface area contributed by atoms with E-state index in [-0.39, 0.29) is 5.91 Å². The van der Waals surface area contributed by atoms with Gasteiger partial charge in [-0.2, -0.15) is 0 Å². The van der Waals surface area contributed by atoms with Crippen molar-refractivity contribution >= 4 is 29.0 Å². The lowest BCUT2D eigenvalue weighted by atomic mass is 10.2. The Bertz CT molecular complexity index is 645. The van der Waals surface area contributed by atoms with E-state index in [1.165, 1.54) is 24.0 Å². The van der Waals surface area contributed by atoms with Crippen molar-refractivity contribution in [2.24, 2.45) is 0 Å². The molecule has 5 heteroatoms. The van der Waals surface area contributed by atoms with Crippen LogP contribution in [0, 0.1) is 6.92 Å². The molecule has 0 radical (unpaired) electrons. The first-order valence-corrected chi connectivity index (χ1v) is 9.98. The molecule has 122 valence electrons. The second-order valence-corrected chi connectivity index (χ2v) is 8.19. The van der Waals surface area contributed by atoms with Crippen LogP contribution in [0.4, 0.5) is 0 Å². The molecule has 1 aromatic heterocycles. The number of amides is 1. The van der Waals surface area contributed by atoms with Crippen LogP contribution in [0.15, 0.2) is 34.0 Å². The van der Waals surface area contributed by atoms with Crippen molar-refractivity contribution in [3.8, 4) is 0 Å². The van der Waals surface area contributed by atoms with Gasteiger partial charge in [-0.25, -0.2) is 4.98 Å². The van der Waals surface area contributed by atoms with Gasteiger partial charge >= 0.3 is 0 Å². The molecule has 0 atom stereocenters. The number of nitrogens with zero attached hydrogens (tertiary/aromatic N) is 1. The van der Waals surface area contributed by atoms with E-state index in [0.29, 0.717) is 12.5 Å². The first-order valence-electron chi connectivity index (χ1n) is 8.11. The molecule has 23 heavy (non-hydrogen) atoms. The monoisotopic (exact) mass is 346 g/mol. The van der Waals surface area contributed by atoms with Crippen molar-refractivity contribution in [1.82, 2.24) is 10.3 Å². The third-order valence-corrected chi connectivity index (χ3v) is 6.22. The number of carbonyl (C=O) groups is 1. The van der Waals surface area contributed by atoms with Crippen molar-refractivity contribution in [3.63, 3.8) is 0 Å². The molecule has 2 aromatic rings. The van der Waals surface area contributed by atoms with Crippen LogP contribution in [0.1, 0.15) is 42.5 Å².